The standard InChI is InChI=1S/C19H30N2O2/c1-5-6-7-13-20-17(22)15-8-10-16(11-9-15)18(23)21-14-12-19(2,3)4/h8-11H,5-7,12-14H2,1-4H3,(H,20,22)(H,21,23). The fraction of sp³-hybridized carbons (Fsp3) is 0.579. The summed E-state index contributed by atoms with van der Waals surface area (Å²) in [4.78, 5) is 24.0. The largest absolute Gasteiger partial charge is 0.352 e. The van der Waals surface area contributed by atoms with Gasteiger partial charge in [0, 0.05) is 24.2 Å². The summed E-state index contributed by atoms with van der Waals surface area (Å²) in [5.41, 5.74) is 1.38. The van der Waals surface area contributed by atoms with E-state index in [1.165, 1.54) is 0 Å². The summed E-state index contributed by atoms with van der Waals surface area (Å²) in [5, 5.41) is 5.81. The van der Waals surface area contributed by atoms with Crippen LogP contribution in [0.2, 0.25) is 0 Å². The highest BCUT2D eigenvalue weighted by Gasteiger charge is 2.12. The van der Waals surface area contributed by atoms with Crippen molar-refractivity contribution in [2.45, 2.75) is 53.4 Å². The van der Waals surface area contributed by atoms with E-state index in [2.05, 4.69) is 38.3 Å². The van der Waals surface area contributed by atoms with E-state index < -0.39 is 0 Å². The van der Waals surface area contributed by atoms with Crippen LogP contribution in [0.3, 0.4) is 0 Å². The molecule has 0 aliphatic rings. The van der Waals surface area contributed by atoms with E-state index in [1.807, 2.05) is 0 Å². The Morgan fingerprint density at radius 3 is 1.78 bits per heavy atom. The molecule has 0 saturated heterocycles. The number of rotatable bonds is 8. The van der Waals surface area contributed by atoms with E-state index in [0.717, 1.165) is 25.7 Å². The predicted molar refractivity (Wildman–Crippen MR) is 94.7 cm³/mol. The van der Waals surface area contributed by atoms with Crippen molar-refractivity contribution in [1.82, 2.24) is 10.6 Å². The average Bonchev–Trinajstić information content (AvgIpc) is 2.50. The Hall–Kier alpha value is -1.84. The zero-order valence-electron chi connectivity index (χ0n) is 14.9. The van der Waals surface area contributed by atoms with Crippen molar-refractivity contribution in [3.8, 4) is 0 Å². The lowest BCUT2D eigenvalue weighted by atomic mass is 9.92. The molecule has 1 aromatic carbocycles. The zero-order valence-corrected chi connectivity index (χ0v) is 14.9. The molecular formula is C19H30N2O2. The fourth-order valence-electron chi connectivity index (χ4n) is 2.11. The topological polar surface area (TPSA) is 58.2 Å². The lowest BCUT2D eigenvalue weighted by Crippen LogP contribution is -2.27. The van der Waals surface area contributed by atoms with Crippen LogP contribution in [0.15, 0.2) is 24.3 Å². The highest BCUT2D eigenvalue weighted by atomic mass is 16.2. The highest BCUT2D eigenvalue weighted by Crippen LogP contribution is 2.17. The summed E-state index contributed by atoms with van der Waals surface area (Å²) in [6.45, 7) is 9.92. The SMILES string of the molecule is CCCCCNC(=O)c1ccc(C(=O)NCCC(C)(C)C)cc1. The van der Waals surface area contributed by atoms with Crippen LogP contribution in [-0.2, 0) is 0 Å². The number of benzene rings is 1. The highest BCUT2D eigenvalue weighted by molar-refractivity contribution is 5.97. The lowest BCUT2D eigenvalue weighted by Gasteiger charge is -2.18. The number of carbonyl (C=O) groups is 2. The maximum absolute atomic E-state index is 12.0. The monoisotopic (exact) mass is 318 g/mol. The van der Waals surface area contributed by atoms with E-state index in [1.54, 1.807) is 24.3 Å². The second-order valence-corrected chi connectivity index (χ2v) is 7.11. The molecule has 0 heterocycles. The van der Waals surface area contributed by atoms with Gasteiger partial charge in [-0.15, -0.1) is 0 Å². The average molecular weight is 318 g/mol. The Labute approximate surface area is 140 Å². The molecule has 1 rings (SSSR count). The molecule has 0 fully saturated rings. The minimum atomic E-state index is -0.0934. The Morgan fingerprint density at radius 2 is 1.35 bits per heavy atom. The molecule has 0 spiro atoms. The summed E-state index contributed by atoms with van der Waals surface area (Å²) in [5.74, 6) is -0.176. The second-order valence-electron chi connectivity index (χ2n) is 7.11. The summed E-state index contributed by atoms with van der Waals surface area (Å²) in [6.07, 6.45) is 4.18. The first-order valence-corrected chi connectivity index (χ1v) is 8.50. The number of hydrogen-bond acceptors (Lipinski definition) is 2. The van der Waals surface area contributed by atoms with Gasteiger partial charge >= 0.3 is 0 Å². The van der Waals surface area contributed by atoms with Gasteiger partial charge < -0.3 is 10.6 Å². The maximum Gasteiger partial charge on any atom is 0.251 e. The Bertz CT molecular complexity index is 501. The van der Waals surface area contributed by atoms with Gasteiger partial charge in [0.15, 0.2) is 0 Å². The van der Waals surface area contributed by atoms with E-state index in [0.29, 0.717) is 24.2 Å². The van der Waals surface area contributed by atoms with Crippen molar-refractivity contribution < 1.29 is 9.59 Å². The van der Waals surface area contributed by atoms with Crippen molar-refractivity contribution in [2.24, 2.45) is 5.41 Å². The minimum Gasteiger partial charge on any atom is -0.352 e. The summed E-state index contributed by atoms with van der Waals surface area (Å²) in [6, 6.07) is 6.81. The molecule has 0 radical (unpaired) electrons. The van der Waals surface area contributed by atoms with Crippen LogP contribution in [-0.4, -0.2) is 24.9 Å². The Morgan fingerprint density at radius 1 is 0.870 bits per heavy atom. The molecule has 0 aliphatic heterocycles. The smallest absolute Gasteiger partial charge is 0.251 e. The van der Waals surface area contributed by atoms with Gasteiger partial charge in [-0.1, -0.05) is 40.5 Å². The first-order chi connectivity index (χ1) is 10.8. The first kappa shape index (κ1) is 19.2. The third kappa shape index (κ3) is 7.82. The Kier molecular flexibility index (Phi) is 7.79. The molecule has 2 N–H and O–H groups in total. The van der Waals surface area contributed by atoms with Crippen LogP contribution in [0.25, 0.3) is 0 Å². The third-order valence-electron chi connectivity index (χ3n) is 3.64. The molecule has 2 amide bonds. The van der Waals surface area contributed by atoms with Crippen LogP contribution in [0, 0.1) is 5.41 Å². The van der Waals surface area contributed by atoms with E-state index in [4.69, 9.17) is 0 Å². The van der Waals surface area contributed by atoms with E-state index >= 15 is 0 Å². The van der Waals surface area contributed by atoms with Crippen LogP contribution in [0.4, 0.5) is 0 Å². The van der Waals surface area contributed by atoms with Crippen LogP contribution in [0.1, 0.15) is 74.1 Å². The van der Waals surface area contributed by atoms with Gasteiger partial charge in [-0.05, 0) is 42.5 Å². The fourth-order valence-corrected chi connectivity index (χ4v) is 2.11. The van der Waals surface area contributed by atoms with Crippen molar-refractivity contribution in [1.29, 1.82) is 0 Å². The molecule has 4 nitrogen and oxygen atoms in total. The van der Waals surface area contributed by atoms with Gasteiger partial charge in [-0.3, -0.25) is 9.59 Å². The molecule has 128 valence electrons. The summed E-state index contributed by atoms with van der Waals surface area (Å²) < 4.78 is 0. The van der Waals surface area contributed by atoms with Crippen LogP contribution < -0.4 is 10.6 Å². The number of hydrogen-bond donors (Lipinski definition) is 2. The molecule has 0 aliphatic carbocycles. The molecule has 23 heavy (non-hydrogen) atoms. The van der Waals surface area contributed by atoms with Crippen molar-refractivity contribution in [2.75, 3.05) is 13.1 Å². The maximum atomic E-state index is 12.0. The lowest BCUT2D eigenvalue weighted by molar-refractivity contribution is 0.0939. The van der Waals surface area contributed by atoms with E-state index in [-0.39, 0.29) is 17.2 Å². The molecule has 0 aromatic heterocycles. The van der Waals surface area contributed by atoms with Crippen molar-refractivity contribution >= 4 is 11.8 Å². The van der Waals surface area contributed by atoms with Crippen LogP contribution in [0.5, 0.6) is 0 Å². The van der Waals surface area contributed by atoms with Crippen LogP contribution >= 0.6 is 0 Å². The quantitative estimate of drug-likeness (QED) is 0.717. The van der Waals surface area contributed by atoms with Gasteiger partial charge in [0.1, 0.15) is 0 Å². The van der Waals surface area contributed by atoms with Crippen molar-refractivity contribution in [3.63, 3.8) is 0 Å². The zero-order chi connectivity index (χ0) is 17.3. The molecular weight excluding hydrogens is 288 g/mol. The summed E-state index contributed by atoms with van der Waals surface area (Å²) in [7, 11) is 0. The van der Waals surface area contributed by atoms with Gasteiger partial charge in [0.2, 0.25) is 0 Å². The second kappa shape index (κ2) is 9.33. The third-order valence-corrected chi connectivity index (χ3v) is 3.64. The molecule has 4 heteroatoms. The van der Waals surface area contributed by atoms with E-state index in [9.17, 15) is 9.59 Å². The normalized spacial score (nSPS) is 11.1. The molecule has 0 atom stereocenters. The molecule has 0 saturated carbocycles. The first-order valence-electron chi connectivity index (χ1n) is 8.50. The van der Waals surface area contributed by atoms with Gasteiger partial charge in [0.05, 0.1) is 0 Å². The summed E-state index contributed by atoms with van der Waals surface area (Å²) >= 11 is 0. The Balaban J connectivity index is 2.45. The van der Waals surface area contributed by atoms with Crippen molar-refractivity contribution in [3.05, 3.63) is 35.4 Å². The number of nitrogens with one attached hydrogen (secondary N) is 2. The number of amides is 2. The number of unbranched alkanes of at least 4 members (excludes halogenated alkanes) is 2. The molecule has 0 unspecified atom stereocenters. The van der Waals surface area contributed by atoms with Gasteiger partial charge in [-0.25, -0.2) is 0 Å². The minimum absolute atomic E-state index is 0.0826. The number of carbonyl (C=O) groups excluding carboxylic acids is 2. The van der Waals surface area contributed by atoms with Gasteiger partial charge in [-0.2, -0.15) is 0 Å². The predicted octanol–water partition coefficient (Wildman–Crippen LogP) is 3.77. The molecule has 1 aromatic rings. The van der Waals surface area contributed by atoms with Gasteiger partial charge in [0.25, 0.3) is 11.8 Å². The molecule has 0 bridgehead atoms.